The Morgan fingerprint density at radius 3 is 2.49 bits per heavy atom. The molecule has 13 heteroatoms. The number of hydrogen-bond acceptors (Lipinski definition) is 7. The molecule has 2 aliphatic heterocycles. The van der Waals surface area contributed by atoms with Crippen molar-refractivity contribution < 1.29 is 33.0 Å². The lowest BCUT2D eigenvalue weighted by molar-refractivity contribution is -0.188. The maximum Gasteiger partial charge on any atom is 0.407 e. The molecule has 2 aromatic rings. The summed E-state index contributed by atoms with van der Waals surface area (Å²) in [5.41, 5.74) is 2.87. The minimum absolute atomic E-state index is 0.0738. The van der Waals surface area contributed by atoms with Crippen LogP contribution in [0.15, 0.2) is 61.2 Å². The van der Waals surface area contributed by atoms with Gasteiger partial charge in [0.2, 0.25) is 11.8 Å². The fourth-order valence-corrected chi connectivity index (χ4v) is 5.36. The molecule has 0 aromatic heterocycles. The number of hydrogen-bond donors (Lipinski definition) is 2. The van der Waals surface area contributed by atoms with Gasteiger partial charge in [0.25, 0.3) is 0 Å². The van der Waals surface area contributed by atoms with Gasteiger partial charge >= 0.3 is 12.1 Å². The number of rotatable bonds is 13. The molecule has 2 fully saturated rings. The van der Waals surface area contributed by atoms with Gasteiger partial charge in [-0.1, -0.05) is 54.6 Å². The van der Waals surface area contributed by atoms with Crippen molar-refractivity contribution in [2.75, 3.05) is 46.4 Å². The highest BCUT2D eigenvalue weighted by atomic mass is 19.1. The van der Waals surface area contributed by atoms with Gasteiger partial charge in [-0.05, 0) is 43.0 Å². The van der Waals surface area contributed by atoms with Crippen molar-refractivity contribution >= 4 is 23.9 Å². The summed E-state index contributed by atoms with van der Waals surface area (Å²) in [6.45, 7) is 6.87. The van der Waals surface area contributed by atoms with Crippen LogP contribution < -0.4 is 10.6 Å². The Hall–Kier alpha value is -4.49. The van der Waals surface area contributed by atoms with E-state index in [1.54, 1.807) is 29.1 Å². The van der Waals surface area contributed by atoms with Crippen LogP contribution in [0.2, 0.25) is 0 Å². The van der Waals surface area contributed by atoms with Crippen LogP contribution in [0.3, 0.4) is 0 Å². The van der Waals surface area contributed by atoms with Crippen molar-refractivity contribution in [2.24, 2.45) is 0 Å². The molecular weight excluding hydrogens is 583 g/mol. The van der Waals surface area contributed by atoms with E-state index in [4.69, 9.17) is 9.47 Å². The van der Waals surface area contributed by atoms with Crippen LogP contribution in [-0.4, -0.2) is 102 Å². The summed E-state index contributed by atoms with van der Waals surface area (Å²) in [5, 5.41) is 8.48. The molecule has 5 amide bonds. The number of urea groups is 1. The van der Waals surface area contributed by atoms with Gasteiger partial charge in [0.1, 0.15) is 24.6 Å². The monoisotopic (exact) mass is 624 g/mol. The maximum absolute atomic E-state index is 13.8. The largest absolute Gasteiger partial charge is 0.445 e. The number of fused-ring (bicyclic) bond motifs is 1. The number of likely N-dealkylation sites (N-methyl/N-ethyl adjacent to an activating group) is 1. The quantitative estimate of drug-likeness (QED) is 0.260. The van der Waals surface area contributed by atoms with E-state index in [0.29, 0.717) is 18.6 Å². The normalized spacial score (nSPS) is 18.4. The molecule has 0 radical (unpaired) electrons. The van der Waals surface area contributed by atoms with Crippen molar-refractivity contribution in [3.8, 4) is 0 Å². The first-order chi connectivity index (χ1) is 21.7. The number of amides is 5. The van der Waals surface area contributed by atoms with Gasteiger partial charge < -0.3 is 29.9 Å². The summed E-state index contributed by atoms with van der Waals surface area (Å²) in [6.07, 6.45) is 0.739. The Bertz CT molecular complexity index is 1340. The third kappa shape index (κ3) is 9.02. The first-order valence-electron chi connectivity index (χ1n) is 14.9. The number of carbonyl (C=O) groups is 4. The molecule has 2 heterocycles. The third-order valence-corrected chi connectivity index (χ3v) is 7.66. The summed E-state index contributed by atoms with van der Waals surface area (Å²) in [7, 11) is 1.64. The highest BCUT2D eigenvalue weighted by Crippen LogP contribution is 2.28. The molecule has 45 heavy (non-hydrogen) atoms. The molecule has 2 N–H and O–H groups in total. The molecule has 12 nitrogen and oxygen atoms in total. The average molecular weight is 625 g/mol. The topological polar surface area (TPSA) is 124 Å². The van der Waals surface area contributed by atoms with Crippen LogP contribution in [0.5, 0.6) is 0 Å². The molecular formula is C32H41FN6O6. The molecule has 0 unspecified atom stereocenters. The number of nitrogens with one attached hydrogen (secondary N) is 2. The smallest absolute Gasteiger partial charge is 0.407 e. The summed E-state index contributed by atoms with van der Waals surface area (Å²) >= 11 is 0. The van der Waals surface area contributed by atoms with Crippen LogP contribution >= 0.6 is 0 Å². The molecule has 2 aliphatic rings. The number of halogens is 1. The molecule has 0 aliphatic carbocycles. The minimum Gasteiger partial charge on any atom is -0.445 e. The van der Waals surface area contributed by atoms with E-state index in [9.17, 15) is 23.6 Å². The number of ether oxygens (including phenoxy) is 2. The Morgan fingerprint density at radius 2 is 1.78 bits per heavy atom. The maximum atomic E-state index is 13.8. The molecule has 0 bridgehead atoms. The Kier molecular flexibility index (Phi) is 11.9. The van der Waals surface area contributed by atoms with Crippen LogP contribution in [0.25, 0.3) is 0 Å². The van der Waals surface area contributed by atoms with Gasteiger partial charge in [0.05, 0.1) is 26.3 Å². The highest BCUT2D eigenvalue weighted by molar-refractivity contribution is 5.91. The molecule has 0 spiro atoms. The minimum atomic E-state index is -0.847. The lowest BCUT2D eigenvalue weighted by atomic mass is 10.0. The zero-order valence-electron chi connectivity index (χ0n) is 25.7. The number of nitrogens with zero attached hydrogens (tertiary/aromatic N) is 4. The Labute approximate surface area is 262 Å². The fourth-order valence-electron chi connectivity index (χ4n) is 5.36. The SMILES string of the molecule is C=CCOC(=O)NCCC[C@H]1C(=O)N(CCOCc2ccc(C)cc2)C[C@H]2N1C(=O)CN(C)N2C(=O)NCc1ccc(F)cc1. The number of piperazine rings is 1. The number of carbonyl (C=O) groups excluding carboxylic acids is 4. The van der Waals surface area contributed by atoms with E-state index >= 15 is 0 Å². The number of hydrazine groups is 1. The van der Waals surface area contributed by atoms with E-state index < -0.39 is 24.3 Å². The van der Waals surface area contributed by atoms with E-state index in [-0.39, 0.29) is 70.0 Å². The van der Waals surface area contributed by atoms with Crippen LogP contribution in [0.1, 0.15) is 29.5 Å². The molecule has 2 saturated heterocycles. The van der Waals surface area contributed by atoms with Gasteiger partial charge in [0, 0.05) is 26.7 Å². The average Bonchev–Trinajstić information content (AvgIpc) is 3.02. The summed E-state index contributed by atoms with van der Waals surface area (Å²) in [5.74, 6) is -0.902. The summed E-state index contributed by atoms with van der Waals surface area (Å²) < 4.78 is 24.2. The molecule has 0 saturated carbocycles. The van der Waals surface area contributed by atoms with Crippen LogP contribution in [0, 0.1) is 12.7 Å². The van der Waals surface area contributed by atoms with E-state index in [1.807, 2.05) is 31.2 Å². The van der Waals surface area contributed by atoms with Gasteiger partial charge in [-0.2, -0.15) is 0 Å². The van der Waals surface area contributed by atoms with E-state index in [0.717, 1.165) is 11.1 Å². The molecule has 2 atom stereocenters. The number of alkyl carbamates (subject to hydrolysis) is 1. The first kappa shape index (κ1) is 33.4. The Balaban J connectivity index is 1.46. The number of benzene rings is 2. The van der Waals surface area contributed by atoms with E-state index in [1.165, 1.54) is 28.1 Å². The zero-order chi connectivity index (χ0) is 32.3. The van der Waals surface area contributed by atoms with Crippen LogP contribution in [0.4, 0.5) is 14.0 Å². The Morgan fingerprint density at radius 1 is 1.07 bits per heavy atom. The van der Waals surface area contributed by atoms with Gasteiger partial charge in [-0.15, -0.1) is 0 Å². The molecule has 242 valence electrons. The second kappa shape index (κ2) is 16.0. The lowest BCUT2D eigenvalue weighted by Gasteiger charge is -2.54. The van der Waals surface area contributed by atoms with Crippen molar-refractivity contribution in [1.29, 1.82) is 0 Å². The van der Waals surface area contributed by atoms with Gasteiger partial charge in [0.15, 0.2) is 0 Å². The van der Waals surface area contributed by atoms with Crippen molar-refractivity contribution in [3.05, 3.63) is 83.7 Å². The van der Waals surface area contributed by atoms with Gasteiger partial charge in [-0.25, -0.2) is 24.0 Å². The molecule has 4 rings (SSSR count). The van der Waals surface area contributed by atoms with E-state index in [2.05, 4.69) is 17.2 Å². The first-order valence-corrected chi connectivity index (χ1v) is 14.9. The van der Waals surface area contributed by atoms with Crippen molar-refractivity contribution in [3.63, 3.8) is 0 Å². The number of aryl methyl sites for hydroxylation is 1. The third-order valence-electron chi connectivity index (χ3n) is 7.66. The summed E-state index contributed by atoms with van der Waals surface area (Å²) in [4.78, 5) is 55.6. The van der Waals surface area contributed by atoms with Crippen molar-refractivity contribution in [2.45, 2.75) is 45.1 Å². The molecule has 2 aromatic carbocycles. The fraction of sp³-hybridized carbons (Fsp3) is 0.438. The van der Waals surface area contributed by atoms with Gasteiger partial charge in [-0.3, -0.25) is 9.59 Å². The van der Waals surface area contributed by atoms with Crippen molar-refractivity contribution in [1.82, 2.24) is 30.5 Å². The standard InChI is InChI=1S/C32H41FN6O6/c1-4-17-45-32(43)34-15-5-6-27-30(41)37(16-18-44-22-25-9-7-23(2)8-10-25)20-28-38(27)29(40)21-36(3)39(28)31(42)35-19-24-11-13-26(33)14-12-24/h4,7-14,27-28H,1,5-6,15-22H2,2-3H3,(H,34,43)(H,35,42)/t27-,28-/m0/s1. The zero-order valence-corrected chi connectivity index (χ0v) is 25.7. The predicted octanol–water partition coefficient (Wildman–Crippen LogP) is 2.78. The highest BCUT2D eigenvalue weighted by Gasteiger charge is 2.50. The lowest BCUT2D eigenvalue weighted by Crippen LogP contribution is -2.76. The van der Waals surface area contributed by atoms with Crippen LogP contribution in [-0.2, 0) is 32.2 Å². The summed E-state index contributed by atoms with van der Waals surface area (Å²) in [6, 6.07) is 12.5. The second-order valence-corrected chi connectivity index (χ2v) is 11.0. The predicted molar refractivity (Wildman–Crippen MR) is 164 cm³/mol. The second-order valence-electron chi connectivity index (χ2n) is 11.0.